The summed E-state index contributed by atoms with van der Waals surface area (Å²) < 4.78 is 1.06. The standard InChI is InChI=1S/C19H20BrN5O/c1-12-9-15(3-4-16(12)20)23-18-10-17(14-5-7-21-8-6-14)24-19(25-18)22-13(2)11-26/h3-10,13,26H,11H2,1-2H3,(H2,22,23,24,25)/t13-/m0/s1. The highest BCUT2D eigenvalue weighted by molar-refractivity contribution is 9.10. The zero-order valence-electron chi connectivity index (χ0n) is 14.6. The zero-order valence-corrected chi connectivity index (χ0v) is 16.2. The normalized spacial score (nSPS) is 11.8. The number of nitrogens with zero attached hydrogens (tertiary/aromatic N) is 3. The molecular formula is C19H20BrN5O. The van der Waals surface area contributed by atoms with Crippen molar-refractivity contribution in [1.29, 1.82) is 0 Å². The van der Waals surface area contributed by atoms with Crippen LogP contribution in [-0.2, 0) is 0 Å². The fourth-order valence-corrected chi connectivity index (χ4v) is 2.63. The quantitative estimate of drug-likeness (QED) is 0.562. The zero-order chi connectivity index (χ0) is 18.5. The van der Waals surface area contributed by atoms with Crippen LogP contribution in [0.4, 0.5) is 17.5 Å². The van der Waals surface area contributed by atoms with Gasteiger partial charge in [-0.3, -0.25) is 4.98 Å². The number of aliphatic hydroxyl groups is 1. The Kier molecular flexibility index (Phi) is 5.80. The lowest BCUT2D eigenvalue weighted by molar-refractivity contribution is 0.281. The van der Waals surface area contributed by atoms with Crippen LogP contribution in [0.2, 0.25) is 0 Å². The van der Waals surface area contributed by atoms with E-state index in [2.05, 4.69) is 41.5 Å². The van der Waals surface area contributed by atoms with E-state index in [9.17, 15) is 5.11 Å². The lowest BCUT2D eigenvalue weighted by atomic mass is 10.2. The number of pyridine rings is 1. The molecule has 134 valence electrons. The number of benzene rings is 1. The number of halogens is 1. The molecule has 0 saturated heterocycles. The third-order valence-corrected chi connectivity index (χ3v) is 4.67. The van der Waals surface area contributed by atoms with E-state index in [4.69, 9.17) is 0 Å². The molecule has 0 unspecified atom stereocenters. The van der Waals surface area contributed by atoms with Crippen molar-refractivity contribution in [3.8, 4) is 11.3 Å². The number of aliphatic hydroxyl groups excluding tert-OH is 1. The first kappa shape index (κ1) is 18.3. The van der Waals surface area contributed by atoms with Crippen LogP contribution < -0.4 is 10.6 Å². The van der Waals surface area contributed by atoms with E-state index < -0.39 is 0 Å². The number of rotatable bonds is 6. The summed E-state index contributed by atoms with van der Waals surface area (Å²) >= 11 is 3.51. The van der Waals surface area contributed by atoms with Gasteiger partial charge in [-0.2, -0.15) is 4.98 Å². The van der Waals surface area contributed by atoms with Crippen LogP contribution in [0.3, 0.4) is 0 Å². The highest BCUT2D eigenvalue weighted by atomic mass is 79.9. The fourth-order valence-electron chi connectivity index (χ4n) is 2.38. The van der Waals surface area contributed by atoms with Crippen LogP contribution in [0, 0.1) is 6.92 Å². The van der Waals surface area contributed by atoms with E-state index in [-0.39, 0.29) is 12.6 Å². The van der Waals surface area contributed by atoms with Gasteiger partial charge in [0.2, 0.25) is 5.95 Å². The van der Waals surface area contributed by atoms with Gasteiger partial charge in [-0.15, -0.1) is 0 Å². The Labute approximate surface area is 160 Å². The highest BCUT2D eigenvalue weighted by Crippen LogP contribution is 2.25. The van der Waals surface area contributed by atoms with Gasteiger partial charge in [-0.05, 0) is 49.7 Å². The van der Waals surface area contributed by atoms with Crippen LogP contribution >= 0.6 is 15.9 Å². The van der Waals surface area contributed by atoms with Gasteiger partial charge in [-0.25, -0.2) is 4.98 Å². The van der Waals surface area contributed by atoms with Gasteiger partial charge in [0.05, 0.1) is 12.3 Å². The van der Waals surface area contributed by atoms with Gasteiger partial charge in [-0.1, -0.05) is 15.9 Å². The molecule has 0 aliphatic rings. The summed E-state index contributed by atoms with van der Waals surface area (Å²) in [5.74, 6) is 1.12. The molecule has 2 aromatic heterocycles. The van der Waals surface area contributed by atoms with E-state index in [1.54, 1.807) is 12.4 Å². The van der Waals surface area contributed by atoms with E-state index in [0.717, 1.165) is 27.0 Å². The number of hydrogen-bond donors (Lipinski definition) is 3. The molecule has 6 nitrogen and oxygen atoms in total. The van der Waals surface area contributed by atoms with Gasteiger partial charge in [0, 0.05) is 40.2 Å². The number of hydrogen-bond acceptors (Lipinski definition) is 6. The Morgan fingerprint density at radius 1 is 1.12 bits per heavy atom. The molecule has 0 aliphatic carbocycles. The van der Waals surface area contributed by atoms with Crippen molar-refractivity contribution < 1.29 is 5.11 Å². The molecule has 26 heavy (non-hydrogen) atoms. The molecule has 1 atom stereocenters. The Hall–Kier alpha value is -2.51. The maximum atomic E-state index is 9.30. The second kappa shape index (κ2) is 8.25. The van der Waals surface area contributed by atoms with Gasteiger partial charge in [0.15, 0.2) is 0 Å². The van der Waals surface area contributed by atoms with E-state index >= 15 is 0 Å². The van der Waals surface area contributed by atoms with Crippen LogP contribution in [0.1, 0.15) is 12.5 Å². The van der Waals surface area contributed by atoms with Crippen molar-refractivity contribution >= 4 is 33.4 Å². The lowest BCUT2D eigenvalue weighted by Gasteiger charge is -2.14. The van der Waals surface area contributed by atoms with Crippen molar-refractivity contribution in [2.75, 3.05) is 17.2 Å². The minimum atomic E-state index is -0.148. The largest absolute Gasteiger partial charge is 0.394 e. The molecule has 1 aromatic carbocycles. The number of nitrogens with one attached hydrogen (secondary N) is 2. The van der Waals surface area contributed by atoms with E-state index in [1.807, 2.05) is 50.2 Å². The average Bonchev–Trinajstić information content (AvgIpc) is 2.65. The van der Waals surface area contributed by atoms with Crippen molar-refractivity contribution in [2.24, 2.45) is 0 Å². The first-order valence-electron chi connectivity index (χ1n) is 8.25. The first-order chi connectivity index (χ1) is 12.5. The summed E-state index contributed by atoms with van der Waals surface area (Å²) in [5.41, 5.74) is 3.78. The van der Waals surface area contributed by atoms with Crippen molar-refractivity contribution in [3.05, 3.63) is 58.8 Å². The molecule has 0 saturated carbocycles. The molecular weight excluding hydrogens is 394 g/mol. The van der Waals surface area contributed by atoms with Gasteiger partial charge >= 0.3 is 0 Å². The number of aryl methyl sites for hydroxylation is 1. The van der Waals surface area contributed by atoms with Gasteiger partial charge < -0.3 is 15.7 Å². The number of anilines is 3. The van der Waals surface area contributed by atoms with Crippen molar-refractivity contribution in [2.45, 2.75) is 19.9 Å². The van der Waals surface area contributed by atoms with Crippen LogP contribution in [-0.4, -0.2) is 32.7 Å². The molecule has 7 heteroatoms. The molecule has 3 rings (SSSR count). The first-order valence-corrected chi connectivity index (χ1v) is 9.04. The Morgan fingerprint density at radius 2 is 1.88 bits per heavy atom. The monoisotopic (exact) mass is 413 g/mol. The Bertz CT molecular complexity index is 888. The van der Waals surface area contributed by atoms with Gasteiger partial charge in [0.1, 0.15) is 5.82 Å². The van der Waals surface area contributed by atoms with E-state index in [1.165, 1.54) is 0 Å². The summed E-state index contributed by atoms with van der Waals surface area (Å²) in [5, 5.41) is 15.7. The summed E-state index contributed by atoms with van der Waals surface area (Å²) in [6.45, 7) is 3.90. The third-order valence-electron chi connectivity index (χ3n) is 3.78. The summed E-state index contributed by atoms with van der Waals surface area (Å²) in [6, 6.07) is 11.6. The molecule has 0 fully saturated rings. The molecule has 0 amide bonds. The summed E-state index contributed by atoms with van der Waals surface area (Å²) in [4.78, 5) is 13.1. The summed E-state index contributed by atoms with van der Waals surface area (Å²) in [7, 11) is 0. The summed E-state index contributed by atoms with van der Waals surface area (Å²) in [6.07, 6.45) is 3.46. The smallest absolute Gasteiger partial charge is 0.225 e. The molecule has 3 aromatic rings. The Balaban J connectivity index is 1.97. The minimum Gasteiger partial charge on any atom is -0.394 e. The average molecular weight is 414 g/mol. The third kappa shape index (κ3) is 4.56. The predicted molar refractivity (Wildman–Crippen MR) is 108 cm³/mol. The maximum absolute atomic E-state index is 9.30. The molecule has 0 aliphatic heterocycles. The van der Waals surface area contributed by atoms with Crippen LogP contribution in [0.25, 0.3) is 11.3 Å². The topological polar surface area (TPSA) is 83.0 Å². The second-order valence-corrected chi connectivity index (χ2v) is 6.87. The van der Waals surface area contributed by atoms with E-state index in [0.29, 0.717) is 11.8 Å². The SMILES string of the molecule is Cc1cc(Nc2cc(-c3ccncc3)nc(N[C@@H](C)CO)n2)ccc1Br. The van der Waals surface area contributed by atoms with Crippen LogP contribution in [0.15, 0.2) is 53.3 Å². The second-order valence-electron chi connectivity index (χ2n) is 6.01. The molecule has 3 N–H and O–H groups in total. The predicted octanol–water partition coefficient (Wildman–Crippen LogP) is 4.15. The molecule has 2 heterocycles. The van der Waals surface area contributed by atoms with Crippen molar-refractivity contribution in [1.82, 2.24) is 15.0 Å². The molecule has 0 spiro atoms. The van der Waals surface area contributed by atoms with Gasteiger partial charge in [0.25, 0.3) is 0 Å². The minimum absolute atomic E-state index is 0.00247. The fraction of sp³-hybridized carbons (Fsp3) is 0.211. The Morgan fingerprint density at radius 3 is 2.58 bits per heavy atom. The van der Waals surface area contributed by atoms with Crippen LogP contribution in [0.5, 0.6) is 0 Å². The number of aromatic nitrogens is 3. The maximum Gasteiger partial charge on any atom is 0.225 e. The van der Waals surface area contributed by atoms with Crippen molar-refractivity contribution in [3.63, 3.8) is 0 Å². The highest BCUT2D eigenvalue weighted by Gasteiger charge is 2.10. The molecule has 0 radical (unpaired) electrons. The lowest BCUT2D eigenvalue weighted by Crippen LogP contribution is -2.21. The molecule has 0 bridgehead atoms.